The third kappa shape index (κ3) is 3.32. The largest absolute Gasteiger partial charge is 0.278 e. The standard InChI is InChI=1S/C24H15ClN8/c25-20-9-18(22-7-8-28-32(22)14-16-3-1-15(12-26)2-4-16)10-23-24(20)30-31-33(23)19-6-5-17-13-27-29-21(17)11-19/h1-11,13H,14H2,(H,27,29). The molecule has 0 unspecified atom stereocenters. The molecule has 0 bridgehead atoms. The third-order valence-electron chi connectivity index (χ3n) is 5.60. The number of H-pyrrole nitrogens is 1. The van der Waals surface area contributed by atoms with E-state index >= 15 is 0 Å². The lowest BCUT2D eigenvalue weighted by molar-refractivity contribution is 0.694. The number of hydrogen-bond acceptors (Lipinski definition) is 5. The first-order valence-electron chi connectivity index (χ1n) is 10.2. The second-order valence-electron chi connectivity index (χ2n) is 7.65. The van der Waals surface area contributed by atoms with Gasteiger partial charge in [0.05, 0.1) is 51.8 Å². The van der Waals surface area contributed by atoms with Crippen molar-refractivity contribution in [3.8, 4) is 23.0 Å². The van der Waals surface area contributed by atoms with E-state index in [2.05, 4.69) is 31.7 Å². The van der Waals surface area contributed by atoms with Crippen molar-refractivity contribution in [2.45, 2.75) is 6.54 Å². The molecule has 0 spiro atoms. The summed E-state index contributed by atoms with van der Waals surface area (Å²) in [6, 6.07) is 21.4. The number of nitriles is 1. The molecule has 0 atom stereocenters. The van der Waals surface area contributed by atoms with Crippen molar-refractivity contribution in [3.63, 3.8) is 0 Å². The van der Waals surface area contributed by atoms with Crippen LogP contribution in [0.5, 0.6) is 0 Å². The van der Waals surface area contributed by atoms with Gasteiger partial charge in [-0.3, -0.25) is 9.78 Å². The van der Waals surface area contributed by atoms with Gasteiger partial charge >= 0.3 is 0 Å². The van der Waals surface area contributed by atoms with Crippen LogP contribution in [0.2, 0.25) is 5.02 Å². The number of nitrogens with zero attached hydrogens (tertiary/aromatic N) is 7. The molecule has 3 heterocycles. The molecule has 6 rings (SSSR count). The Morgan fingerprint density at radius 1 is 1.03 bits per heavy atom. The van der Waals surface area contributed by atoms with Gasteiger partial charge in [-0.05, 0) is 54.1 Å². The van der Waals surface area contributed by atoms with Gasteiger partial charge in [0, 0.05) is 17.1 Å². The van der Waals surface area contributed by atoms with Crippen molar-refractivity contribution in [1.82, 2.24) is 35.0 Å². The summed E-state index contributed by atoms with van der Waals surface area (Å²) < 4.78 is 3.68. The van der Waals surface area contributed by atoms with Crippen molar-refractivity contribution in [2.75, 3.05) is 0 Å². The predicted octanol–water partition coefficient (Wildman–Crippen LogP) is 4.73. The van der Waals surface area contributed by atoms with Crippen molar-refractivity contribution in [3.05, 3.63) is 89.2 Å². The van der Waals surface area contributed by atoms with Crippen LogP contribution in [0.1, 0.15) is 11.1 Å². The van der Waals surface area contributed by atoms with Gasteiger partial charge in [-0.1, -0.05) is 28.9 Å². The van der Waals surface area contributed by atoms with E-state index < -0.39 is 0 Å². The van der Waals surface area contributed by atoms with Gasteiger partial charge in [0.15, 0.2) is 0 Å². The van der Waals surface area contributed by atoms with E-state index in [-0.39, 0.29) is 0 Å². The summed E-state index contributed by atoms with van der Waals surface area (Å²) in [7, 11) is 0. The molecular weight excluding hydrogens is 436 g/mol. The molecular formula is C24H15ClN8. The molecule has 0 aliphatic rings. The first-order valence-corrected chi connectivity index (χ1v) is 10.6. The summed E-state index contributed by atoms with van der Waals surface area (Å²) in [4.78, 5) is 0. The summed E-state index contributed by atoms with van der Waals surface area (Å²) in [6.45, 7) is 0.567. The lowest BCUT2D eigenvalue weighted by Gasteiger charge is -2.10. The number of fused-ring (bicyclic) bond motifs is 2. The maximum atomic E-state index is 9.02. The molecule has 0 saturated heterocycles. The highest BCUT2D eigenvalue weighted by Gasteiger charge is 2.15. The Labute approximate surface area is 192 Å². The molecule has 0 amide bonds. The van der Waals surface area contributed by atoms with E-state index in [0.717, 1.165) is 38.9 Å². The fourth-order valence-electron chi connectivity index (χ4n) is 3.94. The molecule has 3 aromatic carbocycles. The van der Waals surface area contributed by atoms with E-state index in [4.69, 9.17) is 16.9 Å². The zero-order chi connectivity index (χ0) is 22.4. The molecule has 0 aliphatic heterocycles. The third-order valence-corrected chi connectivity index (χ3v) is 5.89. The number of hydrogen-bond donors (Lipinski definition) is 1. The van der Waals surface area contributed by atoms with Crippen molar-refractivity contribution in [1.29, 1.82) is 5.26 Å². The summed E-state index contributed by atoms with van der Waals surface area (Å²) in [5, 5.41) is 30.8. The quantitative estimate of drug-likeness (QED) is 0.418. The predicted molar refractivity (Wildman–Crippen MR) is 125 cm³/mol. The Balaban J connectivity index is 1.43. The maximum Gasteiger partial charge on any atom is 0.132 e. The van der Waals surface area contributed by atoms with Crippen LogP contribution in [0.15, 0.2) is 73.1 Å². The molecule has 158 valence electrons. The van der Waals surface area contributed by atoms with E-state index in [1.807, 2.05) is 65.3 Å². The molecule has 0 radical (unpaired) electrons. The van der Waals surface area contributed by atoms with Crippen molar-refractivity contribution in [2.24, 2.45) is 0 Å². The minimum absolute atomic E-state index is 0.516. The Morgan fingerprint density at radius 3 is 2.76 bits per heavy atom. The van der Waals surface area contributed by atoms with Crippen LogP contribution >= 0.6 is 11.6 Å². The minimum Gasteiger partial charge on any atom is -0.278 e. The molecule has 9 heteroatoms. The topological polar surface area (TPSA) is 101 Å². The average molecular weight is 451 g/mol. The zero-order valence-electron chi connectivity index (χ0n) is 17.1. The molecule has 0 fully saturated rings. The average Bonchev–Trinajstić information content (AvgIpc) is 3.58. The molecule has 8 nitrogen and oxygen atoms in total. The van der Waals surface area contributed by atoms with Crippen LogP contribution in [0.25, 0.3) is 38.9 Å². The van der Waals surface area contributed by atoms with E-state index in [9.17, 15) is 0 Å². The van der Waals surface area contributed by atoms with Gasteiger partial charge < -0.3 is 0 Å². The lowest BCUT2D eigenvalue weighted by atomic mass is 10.1. The molecule has 0 aliphatic carbocycles. The monoisotopic (exact) mass is 450 g/mol. The van der Waals surface area contributed by atoms with Crippen LogP contribution < -0.4 is 0 Å². The van der Waals surface area contributed by atoms with Gasteiger partial charge in [-0.2, -0.15) is 15.5 Å². The summed E-state index contributed by atoms with van der Waals surface area (Å²) in [6.07, 6.45) is 3.54. The van der Waals surface area contributed by atoms with E-state index in [1.54, 1.807) is 17.1 Å². The SMILES string of the molecule is N#Cc1ccc(Cn2nccc2-c2cc(Cl)c3nnn(-c4ccc5cn[nH]c5c4)c3c2)cc1. The lowest BCUT2D eigenvalue weighted by Crippen LogP contribution is -2.04. The number of aromatic nitrogens is 7. The molecule has 33 heavy (non-hydrogen) atoms. The number of benzene rings is 3. The van der Waals surface area contributed by atoms with Crippen LogP contribution in [0, 0.1) is 11.3 Å². The fourth-order valence-corrected chi connectivity index (χ4v) is 4.19. The van der Waals surface area contributed by atoms with Crippen LogP contribution in [0.4, 0.5) is 0 Å². The summed E-state index contributed by atoms with van der Waals surface area (Å²) >= 11 is 6.61. The molecule has 3 aromatic heterocycles. The Hall–Kier alpha value is -4.48. The highest BCUT2D eigenvalue weighted by molar-refractivity contribution is 6.35. The number of rotatable bonds is 4. The number of nitrogens with one attached hydrogen (secondary N) is 1. The van der Waals surface area contributed by atoms with Gasteiger partial charge in [0.2, 0.25) is 0 Å². The fraction of sp³-hybridized carbons (Fsp3) is 0.0417. The second-order valence-corrected chi connectivity index (χ2v) is 8.06. The maximum absolute atomic E-state index is 9.02. The first kappa shape index (κ1) is 19.2. The second kappa shape index (κ2) is 7.58. The van der Waals surface area contributed by atoms with E-state index in [0.29, 0.717) is 22.6 Å². The highest BCUT2D eigenvalue weighted by Crippen LogP contribution is 2.31. The van der Waals surface area contributed by atoms with Crippen molar-refractivity contribution < 1.29 is 0 Å². The zero-order valence-corrected chi connectivity index (χ0v) is 17.9. The molecule has 0 saturated carbocycles. The summed E-state index contributed by atoms with van der Waals surface area (Å²) in [5.41, 5.74) is 6.69. The summed E-state index contributed by atoms with van der Waals surface area (Å²) in [5.74, 6) is 0. The number of aromatic amines is 1. The molecule has 6 aromatic rings. The first-order chi connectivity index (χ1) is 16.2. The van der Waals surface area contributed by atoms with Gasteiger partial charge in [0.25, 0.3) is 0 Å². The smallest absolute Gasteiger partial charge is 0.132 e. The Bertz CT molecular complexity index is 1670. The van der Waals surface area contributed by atoms with Crippen LogP contribution in [-0.2, 0) is 6.54 Å². The Kier molecular flexibility index (Phi) is 4.42. The van der Waals surface area contributed by atoms with Gasteiger partial charge in [-0.15, -0.1) is 5.10 Å². The van der Waals surface area contributed by atoms with Crippen molar-refractivity contribution >= 4 is 33.5 Å². The van der Waals surface area contributed by atoms with Gasteiger partial charge in [0.1, 0.15) is 5.52 Å². The van der Waals surface area contributed by atoms with Crippen LogP contribution in [0.3, 0.4) is 0 Å². The Morgan fingerprint density at radius 2 is 1.91 bits per heavy atom. The normalized spacial score (nSPS) is 11.3. The van der Waals surface area contributed by atoms with Crippen LogP contribution in [-0.4, -0.2) is 35.0 Å². The highest BCUT2D eigenvalue weighted by atomic mass is 35.5. The van der Waals surface area contributed by atoms with Gasteiger partial charge in [-0.25, -0.2) is 4.68 Å². The molecule has 1 N–H and O–H groups in total. The minimum atomic E-state index is 0.516. The number of halogens is 1. The van der Waals surface area contributed by atoms with E-state index in [1.165, 1.54) is 0 Å².